The SMILES string of the molecule is C[C@H]1CNC2c3ccc(C(F)(F)F)cc3CCC2C1. The first-order chi connectivity index (χ1) is 8.95. The van der Waals surface area contributed by atoms with Gasteiger partial charge in [0.2, 0.25) is 0 Å². The molecule has 1 fully saturated rings. The first-order valence-electron chi connectivity index (χ1n) is 6.88. The van der Waals surface area contributed by atoms with E-state index in [0.717, 1.165) is 30.5 Å². The smallest absolute Gasteiger partial charge is 0.309 e. The first kappa shape index (κ1) is 13.0. The number of fused-ring (bicyclic) bond motifs is 3. The fourth-order valence-electron chi connectivity index (χ4n) is 3.52. The monoisotopic (exact) mass is 269 g/mol. The third-order valence-electron chi connectivity index (χ3n) is 4.45. The van der Waals surface area contributed by atoms with E-state index in [1.165, 1.54) is 18.6 Å². The highest BCUT2D eigenvalue weighted by Crippen LogP contribution is 2.42. The van der Waals surface area contributed by atoms with Crippen molar-refractivity contribution in [2.45, 2.75) is 38.4 Å². The molecule has 0 saturated carbocycles. The van der Waals surface area contributed by atoms with Crippen molar-refractivity contribution in [2.75, 3.05) is 6.54 Å². The van der Waals surface area contributed by atoms with E-state index in [9.17, 15) is 13.2 Å². The maximum Gasteiger partial charge on any atom is 0.416 e. The maximum absolute atomic E-state index is 12.7. The molecular weight excluding hydrogens is 251 g/mol. The molecule has 2 unspecified atom stereocenters. The fourth-order valence-corrected chi connectivity index (χ4v) is 3.52. The molecule has 19 heavy (non-hydrogen) atoms. The minimum absolute atomic E-state index is 0.252. The summed E-state index contributed by atoms with van der Waals surface area (Å²) in [6.45, 7) is 3.19. The van der Waals surface area contributed by atoms with Gasteiger partial charge >= 0.3 is 6.18 Å². The molecule has 0 spiro atoms. The maximum atomic E-state index is 12.7. The molecule has 104 valence electrons. The average molecular weight is 269 g/mol. The van der Waals surface area contributed by atoms with Gasteiger partial charge in [-0.15, -0.1) is 0 Å². The molecule has 1 heterocycles. The van der Waals surface area contributed by atoms with Crippen molar-refractivity contribution in [1.29, 1.82) is 0 Å². The second-order valence-corrected chi connectivity index (χ2v) is 5.94. The number of piperidine rings is 1. The average Bonchev–Trinajstić information content (AvgIpc) is 2.36. The molecule has 1 N–H and O–H groups in total. The van der Waals surface area contributed by atoms with Gasteiger partial charge in [-0.25, -0.2) is 0 Å². The lowest BCUT2D eigenvalue weighted by atomic mass is 9.73. The molecule has 1 saturated heterocycles. The molecule has 2 aliphatic rings. The summed E-state index contributed by atoms with van der Waals surface area (Å²) in [5.41, 5.74) is 1.43. The number of rotatable bonds is 0. The van der Waals surface area contributed by atoms with Crippen LogP contribution >= 0.6 is 0 Å². The van der Waals surface area contributed by atoms with Crippen LogP contribution in [0.25, 0.3) is 0 Å². The fraction of sp³-hybridized carbons (Fsp3) is 0.600. The predicted octanol–water partition coefficient (Wildman–Crippen LogP) is 3.94. The molecule has 0 bridgehead atoms. The molecule has 3 atom stereocenters. The van der Waals surface area contributed by atoms with Gasteiger partial charge in [-0.2, -0.15) is 13.2 Å². The van der Waals surface area contributed by atoms with Crippen LogP contribution in [0.5, 0.6) is 0 Å². The van der Waals surface area contributed by atoms with E-state index in [0.29, 0.717) is 11.8 Å². The van der Waals surface area contributed by atoms with E-state index in [1.54, 1.807) is 6.07 Å². The molecule has 1 aromatic rings. The molecule has 1 nitrogen and oxygen atoms in total. The second-order valence-electron chi connectivity index (χ2n) is 5.94. The first-order valence-corrected chi connectivity index (χ1v) is 6.88. The van der Waals surface area contributed by atoms with Crippen molar-refractivity contribution in [3.05, 3.63) is 34.9 Å². The van der Waals surface area contributed by atoms with Crippen LogP contribution in [0.15, 0.2) is 18.2 Å². The van der Waals surface area contributed by atoms with Crippen LogP contribution < -0.4 is 5.32 Å². The largest absolute Gasteiger partial charge is 0.416 e. The highest BCUT2D eigenvalue weighted by Gasteiger charge is 2.36. The molecular formula is C15H18F3N. The minimum Gasteiger partial charge on any atom is -0.309 e. The zero-order valence-electron chi connectivity index (χ0n) is 10.9. The number of alkyl halides is 3. The number of hydrogen-bond donors (Lipinski definition) is 1. The van der Waals surface area contributed by atoms with Crippen molar-refractivity contribution in [1.82, 2.24) is 5.32 Å². The molecule has 1 aliphatic carbocycles. The lowest BCUT2D eigenvalue weighted by Crippen LogP contribution is -2.41. The van der Waals surface area contributed by atoms with Gasteiger partial charge < -0.3 is 5.32 Å². The second kappa shape index (κ2) is 4.51. The van der Waals surface area contributed by atoms with Gasteiger partial charge in [-0.1, -0.05) is 13.0 Å². The van der Waals surface area contributed by atoms with Crippen molar-refractivity contribution >= 4 is 0 Å². The highest BCUT2D eigenvalue weighted by atomic mass is 19.4. The van der Waals surface area contributed by atoms with Crippen LogP contribution in [0, 0.1) is 11.8 Å². The van der Waals surface area contributed by atoms with Gasteiger partial charge in [0.1, 0.15) is 0 Å². The van der Waals surface area contributed by atoms with Crippen molar-refractivity contribution in [3.63, 3.8) is 0 Å². The van der Waals surface area contributed by atoms with Gasteiger partial charge in [0, 0.05) is 6.04 Å². The van der Waals surface area contributed by atoms with Crippen LogP contribution in [0.2, 0.25) is 0 Å². The van der Waals surface area contributed by atoms with E-state index >= 15 is 0 Å². The van der Waals surface area contributed by atoms with E-state index in [1.807, 2.05) is 0 Å². The number of hydrogen-bond acceptors (Lipinski definition) is 1. The highest BCUT2D eigenvalue weighted by molar-refractivity contribution is 5.38. The third kappa shape index (κ3) is 2.38. The summed E-state index contributed by atoms with van der Waals surface area (Å²) >= 11 is 0. The quantitative estimate of drug-likeness (QED) is 0.752. The molecule has 4 heteroatoms. The Hall–Kier alpha value is -1.03. The summed E-state index contributed by atoms with van der Waals surface area (Å²) in [4.78, 5) is 0. The van der Waals surface area contributed by atoms with Gasteiger partial charge in [-0.05, 0) is 60.9 Å². The van der Waals surface area contributed by atoms with Crippen molar-refractivity contribution < 1.29 is 13.2 Å². The Morgan fingerprint density at radius 2 is 2.05 bits per heavy atom. The summed E-state index contributed by atoms with van der Waals surface area (Å²) in [5.74, 6) is 1.24. The minimum atomic E-state index is -4.24. The van der Waals surface area contributed by atoms with Crippen LogP contribution in [0.1, 0.15) is 42.5 Å². The Morgan fingerprint density at radius 3 is 2.79 bits per heavy atom. The summed E-state index contributed by atoms with van der Waals surface area (Å²) in [6.07, 6.45) is -1.29. The summed E-state index contributed by atoms with van der Waals surface area (Å²) in [7, 11) is 0. The molecule has 3 rings (SSSR count). The Bertz CT molecular complexity index is 481. The van der Waals surface area contributed by atoms with Gasteiger partial charge in [-0.3, -0.25) is 0 Å². The summed E-state index contributed by atoms with van der Waals surface area (Å²) in [6, 6.07) is 4.49. The Labute approximate surface area is 111 Å². The van der Waals surface area contributed by atoms with Crippen molar-refractivity contribution in [2.24, 2.45) is 11.8 Å². The molecule has 1 aliphatic heterocycles. The third-order valence-corrected chi connectivity index (χ3v) is 4.45. The lowest BCUT2D eigenvalue weighted by Gasteiger charge is -2.40. The van der Waals surface area contributed by atoms with E-state index < -0.39 is 11.7 Å². The molecule has 0 radical (unpaired) electrons. The van der Waals surface area contributed by atoms with Gasteiger partial charge in [0.25, 0.3) is 0 Å². The molecule has 0 aromatic heterocycles. The zero-order chi connectivity index (χ0) is 13.6. The Kier molecular flexibility index (Phi) is 3.08. The zero-order valence-corrected chi connectivity index (χ0v) is 10.9. The predicted molar refractivity (Wildman–Crippen MR) is 67.8 cm³/mol. The number of aryl methyl sites for hydroxylation is 1. The number of benzene rings is 1. The van der Waals surface area contributed by atoms with E-state index in [2.05, 4.69) is 12.2 Å². The Morgan fingerprint density at radius 1 is 1.26 bits per heavy atom. The molecule has 1 aromatic carbocycles. The van der Waals surface area contributed by atoms with Crippen LogP contribution in [-0.4, -0.2) is 6.54 Å². The summed E-state index contributed by atoms with van der Waals surface area (Å²) < 4.78 is 38.2. The van der Waals surface area contributed by atoms with Crippen molar-refractivity contribution in [3.8, 4) is 0 Å². The molecule has 0 amide bonds. The number of nitrogens with one attached hydrogen (secondary N) is 1. The van der Waals surface area contributed by atoms with Gasteiger partial charge in [0.05, 0.1) is 5.56 Å². The van der Waals surface area contributed by atoms with Gasteiger partial charge in [0.15, 0.2) is 0 Å². The standard InChI is InChI=1S/C15H18F3N/c1-9-6-11-3-2-10-7-12(15(16,17)18)4-5-13(10)14(11)19-8-9/h4-5,7,9,11,14,19H,2-3,6,8H2,1H3/t9-,11?,14?/m1/s1. The number of halogens is 3. The Balaban J connectivity index is 1.93. The topological polar surface area (TPSA) is 12.0 Å². The van der Waals surface area contributed by atoms with Crippen LogP contribution in [-0.2, 0) is 12.6 Å². The normalized spacial score (nSPS) is 30.6. The van der Waals surface area contributed by atoms with Crippen LogP contribution in [0.4, 0.5) is 13.2 Å². The van der Waals surface area contributed by atoms with E-state index in [-0.39, 0.29) is 6.04 Å². The van der Waals surface area contributed by atoms with E-state index in [4.69, 9.17) is 0 Å². The summed E-state index contributed by atoms with van der Waals surface area (Å²) in [5, 5.41) is 3.50. The lowest BCUT2D eigenvalue weighted by molar-refractivity contribution is -0.137. The van der Waals surface area contributed by atoms with Crippen LogP contribution in [0.3, 0.4) is 0 Å².